The van der Waals surface area contributed by atoms with E-state index in [1.54, 1.807) is 23.9 Å². The van der Waals surface area contributed by atoms with Gasteiger partial charge in [0.1, 0.15) is 5.82 Å². The van der Waals surface area contributed by atoms with Crippen molar-refractivity contribution in [2.45, 2.75) is 17.4 Å². The summed E-state index contributed by atoms with van der Waals surface area (Å²) in [7, 11) is 0. The lowest BCUT2D eigenvalue weighted by molar-refractivity contribution is -0.384. The molecule has 0 bridgehead atoms. The molecule has 0 aliphatic rings. The van der Waals surface area contributed by atoms with Crippen molar-refractivity contribution in [1.82, 2.24) is 0 Å². The summed E-state index contributed by atoms with van der Waals surface area (Å²) in [4.78, 5) is 24.2. The number of hydrogen-bond donors (Lipinski definition) is 1. The Kier molecular flexibility index (Phi) is 6.61. The Hall–Kier alpha value is -3.19. The van der Waals surface area contributed by atoms with Crippen molar-refractivity contribution in [3.8, 4) is 0 Å². The lowest BCUT2D eigenvalue weighted by Gasteiger charge is -2.20. The smallest absolute Gasteiger partial charge is 0.269 e. The zero-order chi connectivity index (χ0) is 20.8. The average Bonchev–Trinajstić information content (AvgIpc) is 2.74. The number of anilines is 1. The van der Waals surface area contributed by atoms with Gasteiger partial charge in [-0.1, -0.05) is 12.1 Å². The minimum atomic E-state index is -0.458. The Labute approximate surface area is 172 Å². The molecule has 0 unspecified atom stereocenters. The van der Waals surface area contributed by atoms with Crippen LogP contribution in [0.2, 0.25) is 0 Å². The van der Waals surface area contributed by atoms with Crippen molar-refractivity contribution >= 4 is 28.9 Å². The summed E-state index contributed by atoms with van der Waals surface area (Å²) >= 11 is 1.62. The van der Waals surface area contributed by atoms with Gasteiger partial charge < -0.3 is 5.32 Å². The van der Waals surface area contributed by atoms with Gasteiger partial charge in [0.15, 0.2) is 5.78 Å². The third-order valence-corrected chi connectivity index (χ3v) is 5.24. The second kappa shape index (κ2) is 9.34. The number of hydrogen-bond acceptors (Lipinski definition) is 5. The van der Waals surface area contributed by atoms with Gasteiger partial charge in [-0.2, -0.15) is 0 Å². The standard InChI is InChI=1S/C22H19FN2O3S/c1-29-20-12-4-15(5-13-20)21(14-22(26)16-2-6-17(23)7-3-16)24-18-8-10-19(11-9-18)25(27)28/h2-13,21,24H,14H2,1H3/t21-/m0/s1. The molecule has 0 aliphatic heterocycles. The van der Waals surface area contributed by atoms with Gasteiger partial charge in [0.25, 0.3) is 5.69 Å². The summed E-state index contributed by atoms with van der Waals surface area (Å²) in [6, 6.07) is 19.0. The van der Waals surface area contributed by atoms with Crippen LogP contribution in [0.1, 0.15) is 28.4 Å². The van der Waals surface area contributed by atoms with Crippen LogP contribution in [0.15, 0.2) is 77.7 Å². The Bertz CT molecular complexity index is 990. The first-order valence-electron chi connectivity index (χ1n) is 8.90. The van der Waals surface area contributed by atoms with Crippen LogP contribution >= 0.6 is 11.8 Å². The molecule has 3 aromatic carbocycles. The molecule has 0 heterocycles. The number of Topliss-reactive ketones (excluding diaryl/α,β-unsaturated/α-hetero) is 1. The van der Waals surface area contributed by atoms with Gasteiger partial charge in [0.05, 0.1) is 11.0 Å². The molecular weight excluding hydrogens is 391 g/mol. The molecule has 148 valence electrons. The molecule has 0 fully saturated rings. The second-order valence-electron chi connectivity index (χ2n) is 6.41. The van der Waals surface area contributed by atoms with Crippen molar-refractivity contribution in [3.05, 3.63) is 99.9 Å². The molecule has 0 radical (unpaired) electrons. The van der Waals surface area contributed by atoms with Crippen molar-refractivity contribution in [3.63, 3.8) is 0 Å². The summed E-state index contributed by atoms with van der Waals surface area (Å²) in [5.74, 6) is -0.520. The first-order valence-corrected chi connectivity index (χ1v) is 10.1. The molecule has 0 saturated heterocycles. The van der Waals surface area contributed by atoms with Crippen LogP contribution in [-0.2, 0) is 0 Å². The number of nitrogens with one attached hydrogen (secondary N) is 1. The van der Waals surface area contributed by atoms with Gasteiger partial charge in [0.2, 0.25) is 0 Å². The topological polar surface area (TPSA) is 72.2 Å². The summed E-state index contributed by atoms with van der Waals surface area (Å²) in [6.07, 6.45) is 2.14. The number of halogens is 1. The van der Waals surface area contributed by atoms with Crippen molar-refractivity contribution in [1.29, 1.82) is 0 Å². The summed E-state index contributed by atoms with van der Waals surface area (Å²) in [5, 5.41) is 14.1. The number of rotatable bonds is 8. The maximum Gasteiger partial charge on any atom is 0.269 e. The minimum Gasteiger partial charge on any atom is -0.378 e. The molecule has 7 heteroatoms. The van der Waals surface area contributed by atoms with Crippen molar-refractivity contribution in [2.24, 2.45) is 0 Å². The van der Waals surface area contributed by atoms with E-state index in [2.05, 4.69) is 5.32 Å². The molecule has 5 nitrogen and oxygen atoms in total. The van der Waals surface area contributed by atoms with E-state index in [0.717, 1.165) is 10.5 Å². The number of ketones is 1. The molecule has 0 saturated carbocycles. The van der Waals surface area contributed by atoms with E-state index in [9.17, 15) is 19.3 Å². The predicted molar refractivity (Wildman–Crippen MR) is 113 cm³/mol. The summed E-state index contributed by atoms with van der Waals surface area (Å²) in [6.45, 7) is 0. The van der Waals surface area contributed by atoms with Crippen LogP contribution < -0.4 is 5.32 Å². The van der Waals surface area contributed by atoms with Crippen LogP contribution in [0.25, 0.3) is 0 Å². The Morgan fingerprint density at radius 2 is 1.66 bits per heavy atom. The number of nitro benzene ring substituents is 1. The van der Waals surface area contributed by atoms with Crippen LogP contribution in [0.3, 0.4) is 0 Å². The van der Waals surface area contributed by atoms with E-state index < -0.39 is 10.7 Å². The molecule has 3 rings (SSSR count). The number of carbonyl (C=O) groups is 1. The van der Waals surface area contributed by atoms with E-state index in [1.807, 2.05) is 30.5 Å². The van der Waals surface area contributed by atoms with E-state index in [4.69, 9.17) is 0 Å². The molecular formula is C22H19FN2O3S. The number of non-ortho nitro benzene ring substituents is 1. The molecule has 0 aliphatic carbocycles. The number of thioether (sulfide) groups is 1. The first-order chi connectivity index (χ1) is 14.0. The Morgan fingerprint density at radius 1 is 1.03 bits per heavy atom. The molecule has 0 amide bonds. The van der Waals surface area contributed by atoms with Gasteiger partial charge in [-0.15, -0.1) is 11.8 Å². The van der Waals surface area contributed by atoms with Crippen LogP contribution in [-0.4, -0.2) is 17.0 Å². The number of carbonyl (C=O) groups excluding carboxylic acids is 1. The number of benzene rings is 3. The Morgan fingerprint density at radius 3 is 2.21 bits per heavy atom. The maximum absolute atomic E-state index is 13.2. The zero-order valence-electron chi connectivity index (χ0n) is 15.7. The Balaban J connectivity index is 1.84. The molecule has 3 aromatic rings. The van der Waals surface area contributed by atoms with E-state index in [-0.39, 0.29) is 23.9 Å². The van der Waals surface area contributed by atoms with Crippen LogP contribution in [0, 0.1) is 15.9 Å². The van der Waals surface area contributed by atoms with Gasteiger partial charge >= 0.3 is 0 Å². The van der Waals surface area contributed by atoms with Gasteiger partial charge in [-0.25, -0.2) is 4.39 Å². The second-order valence-corrected chi connectivity index (χ2v) is 7.29. The van der Waals surface area contributed by atoms with Gasteiger partial charge in [-0.05, 0) is 60.4 Å². The summed E-state index contributed by atoms with van der Waals surface area (Å²) < 4.78 is 13.2. The summed E-state index contributed by atoms with van der Waals surface area (Å²) in [5.41, 5.74) is 2.01. The predicted octanol–water partition coefficient (Wildman–Crippen LogP) is 5.88. The van der Waals surface area contributed by atoms with Crippen molar-refractivity contribution in [2.75, 3.05) is 11.6 Å². The highest BCUT2D eigenvalue weighted by molar-refractivity contribution is 7.98. The van der Waals surface area contributed by atoms with E-state index >= 15 is 0 Å². The third kappa shape index (κ3) is 5.42. The first kappa shape index (κ1) is 20.5. The van der Waals surface area contributed by atoms with Crippen molar-refractivity contribution < 1.29 is 14.1 Å². The molecule has 1 atom stereocenters. The third-order valence-electron chi connectivity index (χ3n) is 4.49. The minimum absolute atomic E-state index is 0.00110. The lowest BCUT2D eigenvalue weighted by Crippen LogP contribution is -2.16. The SMILES string of the molecule is CSc1ccc([C@H](CC(=O)c2ccc(F)cc2)Nc2ccc([N+](=O)[O-])cc2)cc1. The molecule has 0 spiro atoms. The highest BCUT2D eigenvalue weighted by Crippen LogP contribution is 2.27. The highest BCUT2D eigenvalue weighted by atomic mass is 32.2. The molecule has 0 aromatic heterocycles. The fourth-order valence-electron chi connectivity index (χ4n) is 2.91. The van der Waals surface area contributed by atoms with Gasteiger partial charge in [-0.3, -0.25) is 14.9 Å². The monoisotopic (exact) mass is 410 g/mol. The zero-order valence-corrected chi connectivity index (χ0v) is 16.5. The quantitative estimate of drug-likeness (QED) is 0.217. The molecule has 1 N–H and O–H groups in total. The maximum atomic E-state index is 13.2. The van der Waals surface area contributed by atoms with Crippen LogP contribution in [0.4, 0.5) is 15.8 Å². The van der Waals surface area contributed by atoms with Gasteiger partial charge in [0, 0.05) is 34.7 Å². The normalized spacial score (nSPS) is 11.7. The number of nitrogens with zero attached hydrogens (tertiary/aromatic N) is 1. The highest BCUT2D eigenvalue weighted by Gasteiger charge is 2.18. The fourth-order valence-corrected chi connectivity index (χ4v) is 3.32. The average molecular weight is 410 g/mol. The molecule has 29 heavy (non-hydrogen) atoms. The van der Waals surface area contributed by atoms with Crippen LogP contribution in [0.5, 0.6) is 0 Å². The number of nitro groups is 1. The van der Waals surface area contributed by atoms with E-state index in [0.29, 0.717) is 11.3 Å². The fraction of sp³-hybridized carbons (Fsp3) is 0.136. The van der Waals surface area contributed by atoms with E-state index in [1.165, 1.54) is 36.4 Å². The largest absolute Gasteiger partial charge is 0.378 e. The lowest BCUT2D eigenvalue weighted by atomic mass is 9.97.